The summed E-state index contributed by atoms with van der Waals surface area (Å²) in [5.74, 6) is 0.215. The first kappa shape index (κ1) is 21.0. The quantitative estimate of drug-likeness (QED) is 0.370. The number of rotatable bonds is 10. The molecule has 1 saturated heterocycles. The third-order valence-electron chi connectivity index (χ3n) is 3.88. The van der Waals surface area contributed by atoms with Crippen molar-refractivity contribution in [2.75, 3.05) is 18.6 Å². The number of esters is 1. The predicted octanol–water partition coefficient (Wildman–Crippen LogP) is 2.94. The van der Waals surface area contributed by atoms with Crippen molar-refractivity contribution < 1.29 is 19.1 Å². The molecule has 0 spiro atoms. The molecule has 1 aliphatic heterocycles. The number of carbonyl (C=O) groups excluding carboxylic acids is 2. The first-order chi connectivity index (χ1) is 11.2. The van der Waals surface area contributed by atoms with Crippen molar-refractivity contribution in [3.05, 3.63) is 12.2 Å². The molecule has 0 radical (unpaired) electrons. The number of nitrogens with one attached hydrogen (secondary N) is 1. The summed E-state index contributed by atoms with van der Waals surface area (Å²) in [6.07, 6.45) is 3.27. The molecule has 138 valence electrons. The summed E-state index contributed by atoms with van der Waals surface area (Å²) in [6.45, 7) is 12.8. The summed E-state index contributed by atoms with van der Waals surface area (Å²) in [4.78, 5) is 23.9. The molecule has 1 heterocycles. The maximum atomic E-state index is 12.3. The highest BCUT2D eigenvalue weighted by Gasteiger charge is 2.51. The van der Waals surface area contributed by atoms with Crippen LogP contribution in [0.1, 0.15) is 47.0 Å². The van der Waals surface area contributed by atoms with E-state index in [0.29, 0.717) is 0 Å². The summed E-state index contributed by atoms with van der Waals surface area (Å²) >= 11 is 1.74. The molecule has 0 aliphatic carbocycles. The van der Waals surface area contributed by atoms with Crippen molar-refractivity contribution in [2.24, 2.45) is 5.41 Å². The number of epoxide rings is 1. The Morgan fingerprint density at radius 3 is 2.54 bits per heavy atom. The summed E-state index contributed by atoms with van der Waals surface area (Å²) in [5.41, 5.74) is 1.26. The van der Waals surface area contributed by atoms with Crippen LogP contribution in [-0.4, -0.2) is 48.7 Å². The Morgan fingerprint density at radius 1 is 1.33 bits per heavy atom. The first-order valence-corrected chi connectivity index (χ1v) is 9.88. The molecule has 3 atom stereocenters. The number of amides is 1. The second-order valence-electron chi connectivity index (χ2n) is 7.29. The molecular formula is C18H31NO4S. The lowest BCUT2D eigenvalue weighted by Crippen LogP contribution is -2.40. The molecule has 1 amide bonds. The number of thioether (sulfide) groups is 1. The van der Waals surface area contributed by atoms with Gasteiger partial charge in [0.05, 0.1) is 12.6 Å². The zero-order valence-corrected chi connectivity index (χ0v) is 16.3. The normalized spacial score (nSPS) is 21.0. The van der Waals surface area contributed by atoms with E-state index in [1.807, 2.05) is 6.26 Å². The van der Waals surface area contributed by atoms with Crippen molar-refractivity contribution in [3.8, 4) is 0 Å². The molecular weight excluding hydrogens is 326 g/mol. The highest BCUT2D eigenvalue weighted by molar-refractivity contribution is 7.98. The number of hydrogen-bond acceptors (Lipinski definition) is 5. The van der Waals surface area contributed by atoms with E-state index in [0.717, 1.165) is 30.6 Å². The average molecular weight is 358 g/mol. The van der Waals surface area contributed by atoms with Crippen LogP contribution in [0.2, 0.25) is 0 Å². The molecule has 6 heteroatoms. The maximum Gasteiger partial charge on any atom is 0.338 e. The number of carbonyl (C=O) groups is 2. The van der Waals surface area contributed by atoms with Crippen LogP contribution in [0.15, 0.2) is 12.2 Å². The Hall–Kier alpha value is -1.01. The lowest BCUT2D eigenvalue weighted by atomic mass is 9.87. The fourth-order valence-electron chi connectivity index (χ4n) is 2.29. The molecule has 0 unspecified atom stereocenters. The van der Waals surface area contributed by atoms with Crippen molar-refractivity contribution in [2.45, 2.75) is 65.2 Å². The van der Waals surface area contributed by atoms with E-state index >= 15 is 0 Å². The second kappa shape index (κ2) is 9.47. The van der Waals surface area contributed by atoms with Crippen molar-refractivity contribution in [1.29, 1.82) is 0 Å². The molecule has 24 heavy (non-hydrogen) atoms. The van der Waals surface area contributed by atoms with Crippen LogP contribution >= 0.6 is 11.8 Å². The summed E-state index contributed by atoms with van der Waals surface area (Å²) in [7, 11) is 0. The van der Waals surface area contributed by atoms with Gasteiger partial charge in [-0.3, -0.25) is 4.79 Å². The third-order valence-corrected chi connectivity index (χ3v) is 4.53. The van der Waals surface area contributed by atoms with Crippen molar-refractivity contribution in [1.82, 2.24) is 5.32 Å². The molecule has 0 aromatic rings. The topological polar surface area (TPSA) is 67.9 Å². The zero-order chi connectivity index (χ0) is 18.3. The van der Waals surface area contributed by atoms with E-state index in [1.165, 1.54) is 0 Å². The zero-order valence-electron chi connectivity index (χ0n) is 15.5. The highest BCUT2D eigenvalue weighted by Crippen LogP contribution is 2.27. The predicted molar refractivity (Wildman–Crippen MR) is 98.1 cm³/mol. The molecule has 0 aromatic carbocycles. The van der Waals surface area contributed by atoms with Crippen LogP contribution in [0.3, 0.4) is 0 Å². The standard InChI is InChI=1S/C18H31NO4S/c1-7-22-17(21)15-14(23-15)16(20)19-13(9-11-24-6)12(2)8-10-18(3,4)5/h13-15H,2,7-11H2,1,3-6H3,(H,19,20)/t13-,14-,15-/m0/s1. The van der Waals surface area contributed by atoms with E-state index in [-0.39, 0.29) is 24.0 Å². The largest absolute Gasteiger partial charge is 0.464 e. The first-order valence-electron chi connectivity index (χ1n) is 8.48. The van der Waals surface area contributed by atoms with Crippen molar-refractivity contribution in [3.63, 3.8) is 0 Å². The van der Waals surface area contributed by atoms with E-state index in [2.05, 4.69) is 32.7 Å². The van der Waals surface area contributed by atoms with E-state index in [9.17, 15) is 9.59 Å². The molecule has 0 bridgehead atoms. The smallest absolute Gasteiger partial charge is 0.338 e. The minimum atomic E-state index is -0.756. The fourth-order valence-corrected chi connectivity index (χ4v) is 2.76. The maximum absolute atomic E-state index is 12.3. The Balaban J connectivity index is 2.55. The summed E-state index contributed by atoms with van der Waals surface area (Å²) in [5, 5.41) is 2.99. The van der Waals surface area contributed by atoms with Crippen molar-refractivity contribution >= 4 is 23.6 Å². The fraction of sp³-hybridized carbons (Fsp3) is 0.778. The van der Waals surface area contributed by atoms with Crippen LogP contribution in [0.5, 0.6) is 0 Å². The van der Waals surface area contributed by atoms with E-state index in [4.69, 9.17) is 9.47 Å². The van der Waals surface area contributed by atoms with Gasteiger partial charge in [0, 0.05) is 0 Å². The molecule has 0 saturated carbocycles. The minimum absolute atomic E-state index is 0.0839. The van der Waals surface area contributed by atoms with Gasteiger partial charge in [-0.1, -0.05) is 32.9 Å². The Labute approximate surface area is 149 Å². The molecule has 1 fully saturated rings. The Kier molecular flexibility index (Phi) is 8.30. The average Bonchev–Trinajstić information content (AvgIpc) is 3.29. The van der Waals surface area contributed by atoms with Crippen LogP contribution in [0, 0.1) is 5.41 Å². The van der Waals surface area contributed by atoms with Gasteiger partial charge in [0.1, 0.15) is 0 Å². The Bertz CT molecular complexity index is 458. The van der Waals surface area contributed by atoms with E-state index < -0.39 is 18.2 Å². The summed E-state index contributed by atoms with van der Waals surface area (Å²) in [6, 6.07) is -0.0839. The molecule has 0 aromatic heterocycles. The van der Waals surface area contributed by atoms with Crippen LogP contribution in [-0.2, 0) is 19.1 Å². The van der Waals surface area contributed by atoms with Gasteiger partial charge in [0.15, 0.2) is 12.2 Å². The van der Waals surface area contributed by atoms with Gasteiger partial charge < -0.3 is 14.8 Å². The van der Waals surface area contributed by atoms with E-state index in [1.54, 1.807) is 18.7 Å². The second-order valence-corrected chi connectivity index (χ2v) is 8.28. The molecule has 1 aliphatic rings. The Morgan fingerprint density at radius 2 is 2.00 bits per heavy atom. The molecule has 1 N–H and O–H groups in total. The number of hydrogen-bond donors (Lipinski definition) is 1. The lowest BCUT2D eigenvalue weighted by Gasteiger charge is -2.24. The molecule has 1 rings (SSSR count). The lowest BCUT2D eigenvalue weighted by molar-refractivity contribution is -0.144. The van der Waals surface area contributed by atoms with Crippen LogP contribution in [0.4, 0.5) is 0 Å². The monoisotopic (exact) mass is 357 g/mol. The van der Waals surface area contributed by atoms with Crippen LogP contribution in [0.25, 0.3) is 0 Å². The van der Waals surface area contributed by atoms with Gasteiger partial charge in [-0.2, -0.15) is 11.8 Å². The van der Waals surface area contributed by atoms with Gasteiger partial charge >= 0.3 is 5.97 Å². The third kappa shape index (κ3) is 7.26. The van der Waals surface area contributed by atoms with Gasteiger partial charge in [0.25, 0.3) is 5.91 Å². The van der Waals surface area contributed by atoms with Gasteiger partial charge in [-0.15, -0.1) is 0 Å². The number of ether oxygens (including phenoxy) is 2. The summed E-state index contributed by atoms with van der Waals surface area (Å²) < 4.78 is 10.0. The molecule has 5 nitrogen and oxygen atoms in total. The minimum Gasteiger partial charge on any atom is -0.464 e. The SMILES string of the molecule is C=C(CCC(C)(C)C)[C@H](CCSC)NC(=O)[C@H]1O[C@@H]1C(=O)OCC. The van der Waals surface area contributed by atoms with Crippen LogP contribution < -0.4 is 5.32 Å². The van der Waals surface area contributed by atoms with Gasteiger partial charge in [-0.25, -0.2) is 4.79 Å². The highest BCUT2D eigenvalue weighted by atomic mass is 32.2. The van der Waals surface area contributed by atoms with Gasteiger partial charge in [0.2, 0.25) is 0 Å². The van der Waals surface area contributed by atoms with Gasteiger partial charge in [-0.05, 0) is 43.6 Å².